The lowest BCUT2D eigenvalue weighted by atomic mass is 9.79. The third kappa shape index (κ3) is 6.96. The summed E-state index contributed by atoms with van der Waals surface area (Å²) in [5, 5.41) is -0.314. The molecule has 2 aliphatic rings. The van der Waals surface area contributed by atoms with Crippen LogP contribution in [0.1, 0.15) is 51.5 Å². The number of ketones is 1. The van der Waals surface area contributed by atoms with Gasteiger partial charge in [-0.3, -0.25) is 4.79 Å². The van der Waals surface area contributed by atoms with Gasteiger partial charge in [0.05, 0.1) is 11.0 Å². The van der Waals surface area contributed by atoms with Gasteiger partial charge in [0.15, 0.2) is 9.84 Å². The summed E-state index contributed by atoms with van der Waals surface area (Å²) in [5.41, 5.74) is 8.21. The van der Waals surface area contributed by atoms with Crippen molar-refractivity contribution in [3.8, 4) is 0 Å². The lowest BCUT2D eigenvalue weighted by Gasteiger charge is -2.28. The SMILES string of the molecule is CC(C)S(=O)(=O)CC1CCC(C(=O)Cc2ccc(N3CCC(N)C3)cc2)CC1.CCl. The van der Waals surface area contributed by atoms with Crippen molar-refractivity contribution >= 4 is 32.9 Å². The molecule has 0 amide bonds. The van der Waals surface area contributed by atoms with E-state index in [-0.39, 0.29) is 28.9 Å². The number of carbonyl (C=O) groups is 1. The number of sulfone groups is 1. The first kappa shape index (κ1) is 25.2. The predicted molar refractivity (Wildman–Crippen MR) is 126 cm³/mol. The minimum absolute atomic E-state index is 0.0780. The van der Waals surface area contributed by atoms with Crippen LogP contribution in [0, 0.1) is 11.8 Å². The maximum absolute atomic E-state index is 12.7. The molecule has 0 radical (unpaired) electrons. The van der Waals surface area contributed by atoms with Gasteiger partial charge in [-0.05, 0) is 69.6 Å². The van der Waals surface area contributed by atoms with E-state index in [0.29, 0.717) is 12.2 Å². The molecule has 170 valence electrons. The summed E-state index contributed by atoms with van der Waals surface area (Å²) < 4.78 is 24.2. The van der Waals surface area contributed by atoms with E-state index in [9.17, 15) is 13.2 Å². The second-order valence-electron chi connectivity index (χ2n) is 8.90. The summed E-state index contributed by atoms with van der Waals surface area (Å²) in [6.07, 6.45) is 6.30. The van der Waals surface area contributed by atoms with Gasteiger partial charge in [0, 0.05) is 43.5 Å². The molecular weight excluding hydrogens is 420 g/mol. The standard InChI is InChI=1S/C22H34N2O3S.CH3Cl/c1-16(2)28(26,27)15-18-3-7-19(8-4-18)22(25)13-17-5-9-21(10-6-17)24-12-11-20(23)14-24;1-2/h5-6,9-10,16,18-20H,3-4,7-8,11-15,23H2,1-2H3;1H3. The molecule has 5 nitrogen and oxygen atoms in total. The lowest BCUT2D eigenvalue weighted by molar-refractivity contribution is -0.123. The molecule has 1 aliphatic heterocycles. The van der Waals surface area contributed by atoms with E-state index in [2.05, 4.69) is 40.8 Å². The Kier molecular flexibility index (Phi) is 9.64. The Morgan fingerprint density at radius 2 is 1.70 bits per heavy atom. The molecule has 0 bridgehead atoms. The number of nitrogens with two attached hydrogens (primary N) is 1. The van der Waals surface area contributed by atoms with Crippen molar-refractivity contribution in [2.45, 2.75) is 63.7 Å². The largest absolute Gasteiger partial charge is 0.370 e. The Morgan fingerprint density at radius 1 is 1.10 bits per heavy atom. The van der Waals surface area contributed by atoms with Crippen LogP contribution in [0.15, 0.2) is 24.3 Å². The fourth-order valence-electron chi connectivity index (χ4n) is 4.36. The van der Waals surface area contributed by atoms with E-state index >= 15 is 0 Å². The van der Waals surface area contributed by atoms with Gasteiger partial charge < -0.3 is 10.6 Å². The second-order valence-corrected chi connectivity index (χ2v) is 11.5. The van der Waals surface area contributed by atoms with Crippen LogP contribution in [0.4, 0.5) is 5.69 Å². The minimum atomic E-state index is -3.00. The number of halogens is 1. The number of alkyl halides is 1. The third-order valence-corrected chi connectivity index (χ3v) is 8.77. The first-order valence-electron chi connectivity index (χ1n) is 11.0. The van der Waals surface area contributed by atoms with Crippen LogP contribution in [-0.4, -0.2) is 50.7 Å². The van der Waals surface area contributed by atoms with Crippen molar-refractivity contribution in [3.63, 3.8) is 0 Å². The Balaban J connectivity index is 0.00000155. The minimum Gasteiger partial charge on any atom is -0.370 e. The molecule has 3 rings (SSSR count). The van der Waals surface area contributed by atoms with Crippen molar-refractivity contribution in [3.05, 3.63) is 29.8 Å². The molecule has 1 aliphatic carbocycles. The van der Waals surface area contributed by atoms with Crippen molar-refractivity contribution in [2.24, 2.45) is 17.6 Å². The molecule has 1 aromatic rings. The molecule has 0 aromatic heterocycles. The quantitative estimate of drug-likeness (QED) is 0.631. The number of anilines is 1. The van der Waals surface area contributed by atoms with Crippen LogP contribution < -0.4 is 10.6 Å². The maximum atomic E-state index is 12.7. The van der Waals surface area contributed by atoms with E-state index in [1.54, 1.807) is 13.8 Å². The van der Waals surface area contributed by atoms with Gasteiger partial charge in [0.1, 0.15) is 5.78 Å². The van der Waals surface area contributed by atoms with E-state index in [1.807, 2.05) is 0 Å². The molecule has 1 heterocycles. The molecule has 2 fully saturated rings. The average molecular weight is 457 g/mol. The van der Waals surface area contributed by atoms with E-state index in [0.717, 1.165) is 50.8 Å². The molecule has 1 saturated heterocycles. The summed E-state index contributed by atoms with van der Waals surface area (Å²) in [7, 11) is -3.00. The second kappa shape index (κ2) is 11.5. The van der Waals surface area contributed by atoms with Gasteiger partial charge in [0.2, 0.25) is 0 Å². The van der Waals surface area contributed by atoms with Crippen molar-refractivity contribution in [2.75, 3.05) is 30.1 Å². The summed E-state index contributed by atoms with van der Waals surface area (Å²) >= 11 is 4.64. The highest BCUT2D eigenvalue weighted by Gasteiger charge is 2.30. The number of hydrogen-bond acceptors (Lipinski definition) is 5. The van der Waals surface area contributed by atoms with Crippen LogP contribution >= 0.6 is 11.6 Å². The molecule has 1 atom stereocenters. The molecular formula is C23H37ClN2O3S. The number of carbonyl (C=O) groups excluding carboxylic acids is 1. The number of hydrogen-bond donors (Lipinski definition) is 1. The number of rotatable bonds is 7. The van der Waals surface area contributed by atoms with Gasteiger partial charge in [0.25, 0.3) is 0 Å². The first-order chi connectivity index (χ1) is 14.2. The molecule has 1 unspecified atom stereocenters. The summed E-state index contributed by atoms with van der Waals surface area (Å²) in [6, 6.07) is 8.55. The van der Waals surface area contributed by atoms with Gasteiger partial charge in [-0.2, -0.15) is 0 Å². The highest BCUT2D eigenvalue weighted by atomic mass is 35.5. The molecule has 30 heavy (non-hydrogen) atoms. The molecule has 1 saturated carbocycles. The Labute approximate surface area is 187 Å². The van der Waals surface area contributed by atoms with Crippen molar-refractivity contribution in [1.82, 2.24) is 0 Å². The zero-order chi connectivity index (χ0) is 22.3. The smallest absolute Gasteiger partial charge is 0.152 e. The van der Waals surface area contributed by atoms with E-state index in [4.69, 9.17) is 5.73 Å². The van der Waals surface area contributed by atoms with Gasteiger partial charge in [-0.15, -0.1) is 11.6 Å². The zero-order valence-corrected chi connectivity index (χ0v) is 20.1. The number of Topliss-reactive ketones (excluding diaryl/α,β-unsaturated/α-hetero) is 1. The Bertz CT molecular complexity index is 772. The van der Waals surface area contributed by atoms with Crippen LogP contribution in [0.25, 0.3) is 0 Å². The van der Waals surface area contributed by atoms with Crippen LogP contribution in [0.3, 0.4) is 0 Å². The highest BCUT2D eigenvalue weighted by Crippen LogP contribution is 2.32. The van der Waals surface area contributed by atoms with Crippen LogP contribution in [0.5, 0.6) is 0 Å². The summed E-state index contributed by atoms with van der Waals surface area (Å²) in [5.74, 6) is 0.852. The van der Waals surface area contributed by atoms with Gasteiger partial charge >= 0.3 is 0 Å². The van der Waals surface area contributed by atoms with Crippen LogP contribution in [0.2, 0.25) is 0 Å². The van der Waals surface area contributed by atoms with E-state index in [1.165, 1.54) is 12.1 Å². The Morgan fingerprint density at radius 3 is 2.20 bits per heavy atom. The summed E-state index contributed by atoms with van der Waals surface area (Å²) in [6.45, 7) is 5.38. The molecule has 0 spiro atoms. The number of benzene rings is 1. The predicted octanol–water partition coefficient (Wildman–Crippen LogP) is 3.82. The highest BCUT2D eigenvalue weighted by molar-refractivity contribution is 7.91. The van der Waals surface area contributed by atoms with Gasteiger partial charge in [-0.1, -0.05) is 12.1 Å². The monoisotopic (exact) mass is 456 g/mol. The summed E-state index contributed by atoms with van der Waals surface area (Å²) in [4.78, 5) is 15.0. The molecule has 1 aromatic carbocycles. The topological polar surface area (TPSA) is 80.5 Å². The fourth-order valence-corrected chi connectivity index (χ4v) is 5.74. The third-order valence-electron chi connectivity index (χ3n) is 6.39. The van der Waals surface area contributed by atoms with E-state index < -0.39 is 9.84 Å². The molecule has 7 heteroatoms. The van der Waals surface area contributed by atoms with Crippen molar-refractivity contribution < 1.29 is 13.2 Å². The van der Waals surface area contributed by atoms with Crippen LogP contribution in [-0.2, 0) is 21.1 Å². The average Bonchev–Trinajstić information content (AvgIpc) is 3.16. The number of nitrogens with zero attached hydrogens (tertiary/aromatic N) is 1. The fraction of sp³-hybridized carbons (Fsp3) is 0.696. The zero-order valence-electron chi connectivity index (χ0n) is 18.5. The lowest BCUT2D eigenvalue weighted by Crippen LogP contribution is -2.29. The Hall–Kier alpha value is -1.11. The molecule has 2 N–H and O–H groups in total. The van der Waals surface area contributed by atoms with Crippen molar-refractivity contribution in [1.29, 1.82) is 0 Å². The first-order valence-corrected chi connectivity index (χ1v) is 13.4. The van der Waals surface area contributed by atoms with Gasteiger partial charge in [-0.25, -0.2) is 8.42 Å². The maximum Gasteiger partial charge on any atom is 0.152 e. The normalized spacial score (nSPS) is 24.5.